The molecule has 2 aromatic rings. The highest BCUT2D eigenvalue weighted by Gasteiger charge is 2.47. The lowest BCUT2D eigenvalue weighted by atomic mass is 9.75. The van der Waals surface area contributed by atoms with Crippen LogP contribution in [0, 0.1) is 23.7 Å². The van der Waals surface area contributed by atoms with E-state index in [1.807, 2.05) is 0 Å². The van der Waals surface area contributed by atoms with Gasteiger partial charge in [-0.25, -0.2) is 14.0 Å². The van der Waals surface area contributed by atoms with Crippen molar-refractivity contribution >= 4 is 40.5 Å². The Kier molecular flexibility index (Phi) is 14.4. The van der Waals surface area contributed by atoms with Crippen LogP contribution in [0.5, 0.6) is 0 Å². The molecule has 6 rings (SSSR count). The lowest BCUT2D eigenvalue weighted by Crippen LogP contribution is -2.53. The SMILES string of the molecule is COC1CCC([C@@H]2CCN(C(=O)C3CCC([C@@H](CF)NC(=O)OC(C)(C)C)CC3)[C@@H]2C(=O)Nc2ccc3oc(C(=O)OCCCN4CCOCC4(C)C)cc3c2)CC1. The zero-order valence-electron chi connectivity index (χ0n) is 35.3. The van der Waals surface area contributed by atoms with E-state index in [1.54, 1.807) is 57.0 Å². The molecule has 4 aliphatic rings. The van der Waals surface area contributed by atoms with Crippen molar-refractivity contribution in [2.75, 3.05) is 58.6 Å². The maximum absolute atomic E-state index is 14.4. The first-order valence-electron chi connectivity index (χ1n) is 21.4. The lowest BCUT2D eigenvalue weighted by molar-refractivity contribution is -0.142. The van der Waals surface area contributed by atoms with Crippen LogP contribution >= 0.6 is 0 Å². The van der Waals surface area contributed by atoms with Crippen molar-refractivity contribution in [1.82, 2.24) is 15.1 Å². The standard InChI is InChI=1S/C44H65FN4O9/c1-43(2,3)58-42(53)47-35(26-45)29-8-10-30(11-9-29)40(51)49-20-18-34(28-12-15-33(54-6)16-13-28)38(49)39(50)46-32-14-17-36-31(24-32)25-37(57-36)41(52)56-22-7-19-48-21-23-55-27-44(48,4)5/h14,17,24-25,28-30,33-35,38H,7-13,15-16,18-23,26-27H2,1-6H3,(H,46,50)(H,47,53)/t28?,29?,30?,33?,34-,35+,38-/m0/s1. The Morgan fingerprint density at radius 1 is 0.983 bits per heavy atom. The molecule has 0 radical (unpaired) electrons. The number of likely N-dealkylation sites (tertiary alicyclic amines) is 1. The molecule has 2 aliphatic heterocycles. The lowest BCUT2D eigenvalue weighted by Gasteiger charge is -2.42. The smallest absolute Gasteiger partial charge is 0.407 e. The largest absolute Gasteiger partial charge is 0.460 e. The molecule has 3 heterocycles. The second kappa shape index (κ2) is 19.1. The molecule has 3 atom stereocenters. The average Bonchev–Trinajstić information content (AvgIpc) is 3.83. The monoisotopic (exact) mass is 812 g/mol. The molecule has 0 unspecified atom stereocenters. The fourth-order valence-corrected chi connectivity index (χ4v) is 9.62. The van der Waals surface area contributed by atoms with Gasteiger partial charge >= 0.3 is 12.1 Å². The van der Waals surface area contributed by atoms with Gasteiger partial charge in [0.2, 0.25) is 17.6 Å². The molecule has 2 saturated carbocycles. The van der Waals surface area contributed by atoms with Gasteiger partial charge in [-0.2, -0.15) is 0 Å². The number of ether oxygens (including phenoxy) is 4. The number of hydrogen-bond acceptors (Lipinski definition) is 10. The molecule has 0 bridgehead atoms. The molecule has 4 fully saturated rings. The predicted molar refractivity (Wildman–Crippen MR) is 217 cm³/mol. The highest BCUT2D eigenvalue weighted by Crippen LogP contribution is 2.42. The van der Waals surface area contributed by atoms with Gasteiger partial charge in [0.15, 0.2) is 0 Å². The molecular weight excluding hydrogens is 748 g/mol. The van der Waals surface area contributed by atoms with E-state index < -0.39 is 36.4 Å². The highest BCUT2D eigenvalue weighted by atomic mass is 19.1. The quantitative estimate of drug-likeness (QED) is 0.158. The van der Waals surface area contributed by atoms with Crippen LogP contribution in [-0.4, -0.2) is 116 Å². The van der Waals surface area contributed by atoms with E-state index in [4.69, 9.17) is 23.4 Å². The van der Waals surface area contributed by atoms with Crippen LogP contribution in [-0.2, 0) is 28.5 Å². The Balaban J connectivity index is 1.09. The summed E-state index contributed by atoms with van der Waals surface area (Å²) in [6, 6.07) is 5.56. The zero-order valence-corrected chi connectivity index (χ0v) is 35.3. The number of morpholine rings is 1. The van der Waals surface area contributed by atoms with Gasteiger partial charge in [-0.1, -0.05) is 0 Å². The fraction of sp³-hybridized carbons (Fsp3) is 0.727. The van der Waals surface area contributed by atoms with Crippen molar-refractivity contribution in [3.05, 3.63) is 30.0 Å². The number of anilines is 1. The van der Waals surface area contributed by atoms with Gasteiger partial charge < -0.3 is 38.9 Å². The number of furan rings is 1. The fourth-order valence-electron chi connectivity index (χ4n) is 9.62. The summed E-state index contributed by atoms with van der Waals surface area (Å²) in [6.45, 7) is 12.6. The van der Waals surface area contributed by atoms with Crippen LogP contribution in [0.2, 0.25) is 0 Å². The van der Waals surface area contributed by atoms with Gasteiger partial charge in [-0.3, -0.25) is 14.5 Å². The number of amides is 3. The van der Waals surface area contributed by atoms with Gasteiger partial charge in [-0.15, -0.1) is 0 Å². The Hall–Kier alpha value is -3.75. The Bertz CT molecular complexity index is 1730. The van der Waals surface area contributed by atoms with Crippen LogP contribution in [0.3, 0.4) is 0 Å². The van der Waals surface area contributed by atoms with E-state index in [-0.39, 0.29) is 59.5 Å². The second-order valence-electron chi connectivity index (χ2n) is 18.4. The van der Waals surface area contributed by atoms with Crippen LogP contribution in [0.15, 0.2) is 28.7 Å². The van der Waals surface area contributed by atoms with Crippen LogP contribution in [0.25, 0.3) is 11.0 Å². The van der Waals surface area contributed by atoms with Gasteiger partial charge in [-0.05, 0) is 141 Å². The Morgan fingerprint density at radius 2 is 1.72 bits per heavy atom. The van der Waals surface area contributed by atoms with Crippen molar-refractivity contribution in [3.63, 3.8) is 0 Å². The third kappa shape index (κ3) is 10.9. The Labute approximate surface area is 342 Å². The number of methoxy groups -OCH3 is 1. The first kappa shape index (κ1) is 43.8. The molecule has 2 saturated heterocycles. The molecule has 2 aliphatic carbocycles. The number of benzene rings is 1. The number of rotatable bonds is 13. The number of nitrogens with one attached hydrogen (secondary N) is 2. The molecule has 1 aromatic carbocycles. The van der Waals surface area contributed by atoms with E-state index >= 15 is 0 Å². The maximum Gasteiger partial charge on any atom is 0.407 e. The minimum atomic E-state index is -0.714. The van der Waals surface area contributed by atoms with Gasteiger partial charge in [0.05, 0.1) is 32.0 Å². The summed E-state index contributed by atoms with van der Waals surface area (Å²) in [7, 11) is 1.74. The highest BCUT2D eigenvalue weighted by molar-refractivity contribution is 6.00. The van der Waals surface area contributed by atoms with Crippen LogP contribution in [0.4, 0.5) is 14.9 Å². The van der Waals surface area contributed by atoms with Gasteiger partial charge in [0.1, 0.15) is 23.9 Å². The number of nitrogens with zero attached hydrogens (tertiary/aromatic N) is 2. The van der Waals surface area contributed by atoms with Gasteiger partial charge in [0, 0.05) is 49.3 Å². The second-order valence-corrected chi connectivity index (χ2v) is 18.4. The number of alkyl carbamates (subject to hydrolysis) is 1. The van der Waals surface area contributed by atoms with Crippen molar-refractivity contribution in [3.8, 4) is 0 Å². The number of alkyl halides is 1. The number of hydrogen-bond donors (Lipinski definition) is 2. The van der Waals surface area contributed by atoms with Crippen LogP contribution < -0.4 is 10.6 Å². The normalized spacial score (nSPS) is 27.2. The third-order valence-corrected chi connectivity index (χ3v) is 12.8. The van der Waals surface area contributed by atoms with Crippen molar-refractivity contribution in [1.29, 1.82) is 0 Å². The number of carbonyl (C=O) groups excluding carboxylic acids is 4. The molecule has 13 nitrogen and oxygen atoms in total. The first-order chi connectivity index (χ1) is 27.7. The summed E-state index contributed by atoms with van der Waals surface area (Å²) in [5.41, 5.74) is 0.290. The van der Waals surface area contributed by atoms with Crippen LogP contribution in [0.1, 0.15) is 109 Å². The minimum absolute atomic E-state index is 0.000361. The molecule has 3 amide bonds. The zero-order chi connectivity index (χ0) is 41.6. The third-order valence-electron chi connectivity index (χ3n) is 12.8. The molecule has 14 heteroatoms. The first-order valence-corrected chi connectivity index (χ1v) is 21.4. The predicted octanol–water partition coefficient (Wildman–Crippen LogP) is 7.12. The van der Waals surface area contributed by atoms with Gasteiger partial charge in [0.25, 0.3) is 0 Å². The van der Waals surface area contributed by atoms with Crippen molar-refractivity contribution in [2.24, 2.45) is 23.7 Å². The van der Waals surface area contributed by atoms with E-state index in [1.165, 1.54) is 0 Å². The van der Waals surface area contributed by atoms with E-state index in [0.717, 1.165) is 45.2 Å². The maximum atomic E-state index is 14.4. The summed E-state index contributed by atoms with van der Waals surface area (Å²) in [5.74, 6) is -0.834. The van der Waals surface area contributed by atoms with Crippen molar-refractivity contribution in [2.45, 2.75) is 128 Å². The van der Waals surface area contributed by atoms with E-state index in [0.29, 0.717) is 68.5 Å². The molecule has 2 N–H and O–H groups in total. The average molecular weight is 813 g/mol. The number of halogens is 1. The number of fused-ring (bicyclic) bond motifs is 1. The van der Waals surface area contributed by atoms with E-state index in [2.05, 4.69) is 29.4 Å². The number of carbonyl (C=O) groups is 4. The molecule has 58 heavy (non-hydrogen) atoms. The molecule has 322 valence electrons. The minimum Gasteiger partial charge on any atom is -0.460 e. The summed E-state index contributed by atoms with van der Waals surface area (Å²) >= 11 is 0. The molecular formula is C44H65FN4O9. The summed E-state index contributed by atoms with van der Waals surface area (Å²) in [4.78, 5) is 58.2. The van der Waals surface area contributed by atoms with Crippen molar-refractivity contribution < 1.29 is 46.9 Å². The Morgan fingerprint density at radius 3 is 2.40 bits per heavy atom. The summed E-state index contributed by atoms with van der Waals surface area (Å²) in [6.07, 6.45) is 6.98. The summed E-state index contributed by atoms with van der Waals surface area (Å²) in [5, 5.41) is 6.46. The molecule has 0 spiro atoms. The summed E-state index contributed by atoms with van der Waals surface area (Å²) < 4.78 is 42.1. The molecule has 1 aromatic heterocycles. The number of esters is 1. The topological polar surface area (TPSA) is 149 Å². The van der Waals surface area contributed by atoms with E-state index in [9.17, 15) is 23.6 Å².